The first-order chi connectivity index (χ1) is 11.6. The quantitative estimate of drug-likeness (QED) is 0.625. The summed E-state index contributed by atoms with van der Waals surface area (Å²) in [5.74, 6) is -0.668. The lowest BCUT2D eigenvalue weighted by atomic mass is 9.87. The highest BCUT2D eigenvalue weighted by molar-refractivity contribution is 7.88. The number of hydrogen-bond donors (Lipinski definition) is 1. The van der Waals surface area contributed by atoms with Gasteiger partial charge in [0.05, 0.1) is 7.11 Å². The first-order valence-electron chi connectivity index (χ1n) is 7.58. The molecule has 0 aliphatic heterocycles. The highest BCUT2D eigenvalue weighted by Crippen LogP contribution is 2.40. The van der Waals surface area contributed by atoms with E-state index in [0.29, 0.717) is 30.4 Å². The molecule has 0 saturated carbocycles. The number of alkyl halides is 3. The minimum absolute atomic E-state index is 0.0948. The van der Waals surface area contributed by atoms with Crippen molar-refractivity contribution in [2.24, 2.45) is 0 Å². The van der Waals surface area contributed by atoms with Crippen LogP contribution in [0.25, 0.3) is 0 Å². The Kier molecular flexibility index (Phi) is 5.50. The average Bonchev–Trinajstić information content (AvgIpc) is 2.53. The van der Waals surface area contributed by atoms with Gasteiger partial charge in [0.1, 0.15) is 0 Å². The van der Waals surface area contributed by atoms with Crippen molar-refractivity contribution in [3.05, 3.63) is 23.3 Å². The standard InChI is InChI=1S/C15H18F3NO5S/c1-3-13(20)19-10-5-6-11-9(8-10)4-7-12(23-2)14(11)24-25(21,22)15(16,17)18/h4,7,10H,3,5-6,8H2,1-2H3,(H,19,20). The highest BCUT2D eigenvalue weighted by atomic mass is 32.2. The Labute approximate surface area is 143 Å². The third kappa shape index (κ3) is 4.17. The van der Waals surface area contributed by atoms with Gasteiger partial charge in [0.2, 0.25) is 5.91 Å². The molecule has 1 amide bonds. The summed E-state index contributed by atoms with van der Waals surface area (Å²) in [6.45, 7) is 1.71. The summed E-state index contributed by atoms with van der Waals surface area (Å²) in [7, 11) is -4.59. The molecule has 0 aromatic heterocycles. The van der Waals surface area contributed by atoms with E-state index >= 15 is 0 Å². The van der Waals surface area contributed by atoms with E-state index in [2.05, 4.69) is 9.50 Å². The fraction of sp³-hybridized carbons (Fsp3) is 0.533. The molecule has 0 saturated heterocycles. The van der Waals surface area contributed by atoms with Crippen LogP contribution in [0.15, 0.2) is 12.1 Å². The lowest BCUT2D eigenvalue weighted by Crippen LogP contribution is -2.38. The number of fused-ring (bicyclic) bond motifs is 1. The molecular formula is C15H18F3NO5S. The third-order valence-electron chi connectivity index (χ3n) is 3.91. The number of methoxy groups -OCH3 is 1. The third-order valence-corrected chi connectivity index (χ3v) is 4.87. The van der Waals surface area contributed by atoms with E-state index in [1.54, 1.807) is 13.0 Å². The van der Waals surface area contributed by atoms with E-state index in [9.17, 15) is 26.4 Å². The molecule has 25 heavy (non-hydrogen) atoms. The Morgan fingerprint density at radius 1 is 1.36 bits per heavy atom. The molecule has 1 N–H and O–H groups in total. The van der Waals surface area contributed by atoms with Crippen molar-refractivity contribution >= 4 is 16.0 Å². The summed E-state index contributed by atoms with van der Waals surface area (Å²) in [4.78, 5) is 11.5. The number of benzene rings is 1. The molecule has 1 unspecified atom stereocenters. The summed E-state index contributed by atoms with van der Waals surface area (Å²) in [6.07, 6.45) is 1.40. The number of carbonyl (C=O) groups is 1. The molecule has 0 heterocycles. The summed E-state index contributed by atoms with van der Waals surface area (Å²) in [6, 6.07) is 2.82. The molecule has 1 aliphatic rings. The molecular weight excluding hydrogens is 363 g/mol. The number of nitrogens with one attached hydrogen (secondary N) is 1. The smallest absolute Gasteiger partial charge is 0.493 e. The zero-order valence-corrected chi connectivity index (χ0v) is 14.5. The van der Waals surface area contributed by atoms with Gasteiger partial charge in [-0.1, -0.05) is 13.0 Å². The van der Waals surface area contributed by atoms with Gasteiger partial charge in [0.15, 0.2) is 11.5 Å². The summed E-state index contributed by atoms with van der Waals surface area (Å²) < 4.78 is 69.9. The van der Waals surface area contributed by atoms with Gasteiger partial charge in [0, 0.05) is 18.0 Å². The van der Waals surface area contributed by atoms with Gasteiger partial charge in [-0.2, -0.15) is 21.6 Å². The topological polar surface area (TPSA) is 81.7 Å². The van der Waals surface area contributed by atoms with Gasteiger partial charge < -0.3 is 14.2 Å². The Hall–Kier alpha value is -1.97. The Bertz CT molecular complexity index is 761. The summed E-state index contributed by atoms with van der Waals surface area (Å²) >= 11 is 0. The van der Waals surface area contributed by atoms with Gasteiger partial charge in [0.25, 0.3) is 0 Å². The van der Waals surface area contributed by atoms with Crippen molar-refractivity contribution in [2.75, 3.05) is 7.11 Å². The molecule has 10 heteroatoms. The predicted octanol–water partition coefficient (Wildman–Crippen LogP) is 2.31. The van der Waals surface area contributed by atoms with Crippen LogP contribution in [0.2, 0.25) is 0 Å². The lowest BCUT2D eigenvalue weighted by Gasteiger charge is -2.27. The maximum absolute atomic E-state index is 12.6. The van der Waals surface area contributed by atoms with Crippen LogP contribution in [-0.4, -0.2) is 33.0 Å². The predicted molar refractivity (Wildman–Crippen MR) is 82.8 cm³/mol. The van der Waals surface area contributed by atoms with Gasteiger partial charge in [-0.15, -0.1) is 0 Å². The Balaban J connectivity index is 2.36. The largest absolute Gasteiger partial charge is 0.534 e. The molecule has 1 aromatic carbocycles. The molecule has 6 nitrogen and oxygen atoms in total. The van der Waals surface area contributed by atoms with Gasteiger partial charge in [-0.3, -0.25) is 4.79 Å². The SMILES string of the molecule is CCC(=O)NC1CCc2c(ccc(OC)c2OS(=O)(=O)C(F)(F)F)C1. The molecule has 0 spiro atoms. The van der Waals surface area contributed by atoms with Crippen LogP contribution in [0.4, 0.5) is 13.2 Å². The number of hydrogen-bond acceptors (Lipinski definition) is 5. The average molecular weight is 381 g/mol. The number of rotatable bonds is 5. The number of ether oxygens (including phenoxy) is 1. The normalized spacial score (nSPS) is 17.6. The second kappa shape index (κ2) is 7.11. The molecule has 1 aliphatic carbocycles. The van der Waals surface area contributed by atoms with Crippen LogP contribution < -0.4 is 14.2 Å². The van der Waals surface area contributed by atoms with Crippen molar-refractivity contribution in [3.63, 3.8) is 0 Å². The van der Waals surface area contributed by atoms with Crippen LogP contribution in [0.5, 0.6) is 11.5 Å². The molecule has 0 fully saturated rings. The first kappa shape index (κ1) is 19.4. The highest BCUT2D eigenvalue weighted by Gasteiger charge is 2.49. The van der Waals surface area contributed by atoms with Gasteiger partial charge in [-0.05, 0) is 30.9 Å². The summed E-state index contributed by atoms with van der Waals surface area (Å²) in [5.41, 5.74) is -4.58. The monoisotopic (exact) mass is 381 g/mol. The lowest BCUT2D eigenvalue weighted by molar-refractivity contribution is -0.121. The number of halogens is 3. The second-order valence-electron chi connectivity index (χ2n) is 5.58. The number of amides is 1. The van der Waals surface area contributed by atoms with Crippen LogP contribution >= 0.6 is 0 Å². The van der Waals surface area contributed by atoms with E-state index in [4.69, 9.17) is 4.74 Å². The van der Waals surface area contributed by atoms with E-state index in [-0.39, 0.29) is 24.1 Å². The Morgan fingerprint density at radius 2 is 2.04 bits per heavy atom. The zero-order chi connectivity index (χ0) is 18.8. The van der Waals surface area contributed by atoms with Crippen molar-refractivity contribution in [2.45, 2.75) is 44.2 Å². The Morgan fingerprint density at radius 3 is 2.60 bits per heavy atom. The van der Waals surface area contributed by atoms with E-state index in [0.717, 1.165) is 0 Å². The molecule has 140 valence electrons. The van der Waals surface area contributed by atoms with Crippen LogP contribution in [0.3, 0.4) is 0 Å². The fourth-order valence-electron chi connectivity index (χ4n) is 2.66. The molecule has 0 bridgehead atoms. The van der Waals surface area contributed by atoms with Crippen molar-refractivity contribution in [3.8, 4) is 11.5 Å². The molecule has 0 radical (unpaired) electrons. The van der Waals surface area contributed by atoms with Crippen molar-refractivity contribution in [1.29, 1.82) is 0 Å². The number of carbonyl (C=O) groups excluding carboxylic acids is 1. The van der Waals surface area contributed by atoms with E-state index < -0.39 is 21.4 Å². The minimum atomic E-state index is -5.80. The minimum Gasteiger partial charge on any atom is -0.493 e. The zero-order valence-electron chi connectivity index (χ0n) is 13.6. The van der Waals surface area contributed by atoms with Gasteiger partial charge in [-0.25, -0.2) is 0 Å². The fourth-order valence-corrected chi connectivity index (χ4v) is 3.16. The van der Waals surface area contributed by atoms with Gasteiger partial charge >= 0.3 is 15.6 Å². The maximum atomic E-state index is 12.6. The second-order valence-corrected chi connectivity index (χ2v) is 7.12. The van der Waals surface area contributed by atoms with Crippen LogP contribution in [0.1, 0.15) is 30.9 Å². The van der Waals surface area contributed by atoms with Crippen LogP contribution in [0, 0.1) is 0 Å². The molecule has 2 rings (SSSR count). The van der Waals surface area contributed by atoms with E-state index in [1.165, 1.54) is 13.2 Å². The van der Waals surface area contributed by atoms with E-state index in [1.807, 2.05) is 0 Å². The van der Waals surface area contributed by atoms with Crippen molar-refractivity contribution in [1.82, 2.24) is 5.32 Å². The molecule has 1 aromatic rings. The first-order valence-corrected chi connectivity index (χ1v) is 8.98. The van der Waals surface area contributed by atoms with Crippen LogP contribution in [-0.2, 0) is 27.8 Å². The maximum Gasteiger partial charge on any atom is 0.534 e. The molecule has 1 atom stereocenters. The van der Waals surface area contributed by atoms with Crippen molar-refractivity contribution < 1.29 is 35.3 Å². The summed E-state index contributed by atoms with van der Waals surface area (Å²) in [5, 5.41) is 2.82.